The second-order valence-corrected chi connectivity index (χ2v) is 14.1. The number of carbonyl (C=O) groups is 2. The lowest BCUT2D eigenvalue weighted by Gasteiger charge is -2.64. The molecule has 0 bridgehead atoms. The van der Waals surface area contributed by atoms with E-state index in [1.807, 2.05) is 6.08 Å². The summed E-state index contributed by atoms with van der Waals surface area (Å²) in [5, 5.41) is 22.0. The minimum atomic E-state index is -0.929. The molecule has 0 aromatic heterocycles. The van der Waals surface area contributed by atoms with E-state index in [2.05, 4.69) is 40.7 Å². The van der Waals surface area contributed by atoms with Crippen LogP contribution in [-0.2, 0) is 14.3 Å². The summed E-state index contributed by atoms with van der Waals surface area (Å²) in [6, 6.07) is 0. The fourth-order valence-electron chi connectivity index (χ4n) is 9.54. The number of rotatable bonds is 3. The number of hydrogen-bond donors (Lipinski definition) is 2. The summed E-state index contributed by atoms with van der Waals surface area (Å²) in [6.45, 7) is 14.5. The average Bonchev–Trinajstić information content (AvgIpc) is 3.16. The molecule has 5 nitrogen and oxygen atoms in total. The zero-order valence-electron chi connectivity index (χ0n) is 22.6. The maximum Gasteiger partial charge on any atom is 0.309 e. The number of ketones is 1. The first-order valence-electron chi connectivity index (χ1n) is 13.6. The minimum absolute atomic E-state index is 0.0178. The van der Waals surface area contributed by atoms with Crippen LogP contribution in [0.2, 0.25) is 0 Å². The Kier molecular flexibility index (Phi) is 5.43. The van der Waals surface area contributed by atoms with Gasteiger partial charge >= 0.3 is 5.97 Å². The van der Waals surface area contributed by atoms with Crippen LogP contribution < -0.4 is 0 Å². The number of hydrogen-bond acceptors (Lipinski definition) is 5. The van der Waals surface area contributed by atoms with E-state index in [4.69, 9.17) is 4.74 Å². The minimum Gasteiger partial charge on any atom is -0.462 e. The maximum absolute atomic E-state index is 12.9. The molecule has 0 amide bonds. The molecule has 0 spiro atoms. The van der Waals surface area contributed by atoms with Gasteiger partial charge in [-0.2, -0.15) is 0 Å². The first kappa shape index (κ1) is 25.2. The lowest BCUT2D eigenvalue weighted by atomic mass is 9.40. The molecule has 0 aromatic carbocycles. The predicted molar refractivity (Wildman–Crippen MR) is 134 cm³/mol. The van der Waals surface area contributed by atoms with Crippen molar-refractivity contribution in [3.8, 4) is 0 Å². The number of aliphatic hydroxyl groups is 2. The number of allylic oxidation sites excluding steroid dienone is 3. The normalized spacial score (nSPS) is 48.7. The third-order valence-corrected chi connectivity index (χ3v) is 11.6. The zero-order chi connectivity index (χ0) is 25.8. The number of esters is 1. The largest absolute Gasteiger partial charge is 0.462 e. The fraction of sp³-hybridized carbons (Fsp3) is 0.800. The summed E-state index contributed by atoms with van der Waals surface area (Å²) < 4.78 is 5.99. The first-order chi connectivity index (χ1) is 16.1. The molecular weight excluding hydrogens is 440 g/mol. The molecule has 4 fully saturated rings. The summed E-state index contributed by atoms with van der Waals surface area (Å²) in [4.78, 5) is 25.8. The summed E-state index contributed by atoms with van der Waals surface area (Å²) in [6.07, 6.45) is 9.65. The van der Waals surface area contributed by atoms with Crippen molar-refractivity contribution in [3.63, 3.8) is 0 Å². The molecule has 2 N–H and O–H groups in total. The van der Waals surface area contributed by atoms with Crippen LogP contribution in [-0.4, -0.2) is 39.8 Å². The van der Waals surface area contributed by atoms with Crippen LogP contribution >= 0.6 is 0 Å². The SMILES string of the molecule is CC(C)(O)C=CCC1C(=O)OC2CC3(C)C4=CCC5C(C)(C)C(=O)CCC5(C)C4CC(O)C3(C)C21. The van der Waals surface area contributed by atoms with E-state index in [0.717, 1.165) is 19.3 Å². The van der Waals surface area contributed by atoms with E-state index < -0.39 is 17.1 Å². The second-order valence-electron chi connectivity index (χ2n) is 14.1. The number of fused-ring (bicyclic) bond motifs is 7. The second kappa shape index (κ2) is 7.54. The Morgan fingerprint density at radius 3 is 2.51 bits per heavy atom. The third kappa shape index (κ3) is 3.26. The van der Waals surface area contributed by atoms with Crippen LogP contribution in [0, 0.1) is 45.3 Å². The highest BCUT2D eigenvalue weighted by molar-refractivity contribution is 5.85. The van der Waals surface area contributed by atoms with Crippen molar-refractivity contribution in [1.29, 1.82) is 0 Å². The highest BCUT2D eigenvalue weighted by Gasteiger charge is 2.73. The lowest BCUT2D eigenvalue weighted by Crippen LogP contribution is -2.61. The summed E-state index contributed by atoms with van der Waals surface area (Å²) in [5.41, 5.74) is -0.588. The Morgan fingerprint density at radius 1 is 1.17 bits per heavy atom. The molecular formula is C30H44O5. The van der Waals surface area contributed by atoms with Gasteiger partial charge in [-0.25, -0.2) is 0 Å². The Morgan fingerprint density at radius 2 is 1.86 bits per heavy atom. The number of aliphatic hydroxyl groups excluding tert-OH is 1. The monoisotopic (exact) mass is 484 g/mol. The molecule has 5 rings (SSSR count). The molecule has 0 radical (unpaired) electrons. The molecule has 9 atom stereocenters. The first-order valence-corrected chi connectivity index (χ1v) is 13.6. The standard InChI is InChI=1S/C30H44O5/c1-26(2,34)13-8-9-17-24-20(35-25(17)33)16-29(6)18-10-11-21-27(3,4)22(31)12-14-28(21,5)19(18)15-23(32)30(24,29)7/h8,10,13,17,19-21,23-24,32,34H,9,11-12,14-16H2,1-7H3. The molecule has 0 aromatic rings. The van der Waals surface area contributed by atoms with Crippen LogP contribution in [0.4, 0.5) is 0 Å². The number of Topliss-reactive ketones (excluding diaryl/α,β-unsaturated/α-hetero) is 1. The molecule has 3 saturated carbocycles. The highest BCUT2D eigenvalue weighted by atomic mass is 16.6. The topological polar surface area (TPSA) is 83.8 Å². The van der Waals surface area contributed by atoms with Crippen LogP contribution in [0.25, 0.3) is 0 Å². The Balaban J connectivity index is 1.53. The van der Waals surface area contributed by atoms with E-state index >= 15 is 0 Å². The van der Waals surface area contributed by atoms with E-state index in [0.29, 0.717) is 25.0 Å². The highest BCUT2D eigenvalue weighted by Crippen LogP contribution is 2.74. The Labute approximate surface area is 210 Å². The van der Waals surface area contributed by atoms with Gasteiger partial charge in [0.2, 0.25) is 0 Å². The lowest BCUT2D eigenvalue weighted by molar-refractivity contribution is -0.156. The quantitative estimate of drug-likeness (QED) is 0.435. The van der Waals surface area contributed by atoms with Gasteiger partial charge in [-0.15, -0.1) is 0 Å². The van der Waals surface area contributed by atoms with E-state index in [-0.39, 0.29) is 52.0 Å². The van der Waals surface area contributed by atoms with E-state index in [1.165, 1.54) is 5.57 Å². The number of ether oxygens (including phenoxy) is 1. The van der Waals surface area contributed by atoms with Gasteiger partial charge in [0.15, 0.2) is 0 Å². The van der Waals surface area contributed by atoms with Crippen molar-refractivity contribution in [2.75, 3.05) is 0 Å². The van der Waals surface area contributed by atoms with Gasteiger partial charge in [0, 0.05) is 28.6 Å². The van der Waals surface area contributed by atoms with Crippen molar-refractivity contribution in [2.45, 2.75) is 105 Å². The molecule has 1 aliphatic heterocycles. The van der Waals surface area contributed by atoms with Crippen LogP contribution in [0.1, 0.15) is 87.0 Å². The van der Waals surface area contributed by atoms with E-state index in [9.17, 15) is 19.8 Å². The smallest absolute Gasteiger partial charge is 0.309 e. The molecule has 9 unspecified atom stereocenters. The van der Waals surface area contributed by atoms with Crippen LogP contribution in [0.3, 0.4) is 0 Å². The van der Waals surface area contributed by atoms with Crippen LogP contribution in [0.15, 0.2) is 23.8 Å². The molecule has 5 aliphatic rings. The van der Waals surface area contributed by atoms with Gasteiger partial charge < -0.3 is 14.9 Å². The molecule has 35 heavy (non-hydrogen) atoms. The molecule has 5 heteroatoms. The van der Waals surface area contributed by atoms with E-state index in [1.54, 1.807) is 19.9 Å². The molecule has 1 saturated heterocycles. The summed E-state index contributed by atoms with van der Waals surface area (Å²) >= 11 is 0. The average molecular weight is 485 g/mol. The van der Waals surface area contributed by atoms with Gasteiger partial charge in [-0.1, -0.05) is 58.4 Å². The van der Waals surface area contributed by atoms with Gasteiger partial charge in [-0.05, 0) is 63.2 Å². The molecule has 194 valence electrons. The van der Waals surface area contributed by atoms with Crippen molar-refractivity contribution < 1.29 is 24.5 Å². The maximum atomic E-state index is 12.9. The van der Waals surface area contributed by atoms with Crippen molar-refractivity contribution in [1.82, 2.24) is 0 Å². The molecule has 4 aliphatic carbocycles. The van der Waals surface area contributed by atoms with Crippen LogP contribution in [0.5, 0.6) is 0 Å². The van der Waals surface area contributed by atoms with Crippen molar-refractivity contribution in [2.24, 2.45) is 45.3 Å². The Hall–Kier alpha value is -1.46. The summed E-state index contributed by atoms with van der Waals surface area (Å²) in [5.74, 6) is 0.352. The molecule has 1 heterocycles. The predicted octanol–water partition coefficient (Wildman–Crippen LogP) is 5.00. The van der Waals surface area contributed by atoms with Gasteiger partial charge in [0.1, 0.15) is 11.9 Å². The van der Waals surface area contributed by atoms with Crippen molar-refractivity contribution in [3.05, 3.63) is 23.8 Å². The Bertz CT molecular complexity index is 1000. The van der Waals surface area contributed by atoms with Gasteiger partial charge in [-0.3, -0.25) is 9.59 Å². The fourth-order valence-corrected chi connectivity index (χ4v) is 9.54. The summed E-state index contributed by atoms with van der Waals surface area (Å²) in [7, 11) is 0. The zero-order valence-corrected chi connectivity index (χ0v) is 22.6. The third-order valence-electron chi connectivity index (χ3n) is 11.6. The van der Waals surface area contributed by atoms with Gasteiger partial charge in [0.05, 0.1) is 17.6 Å². The number of carbonyl (C=O) groups excluding carboxylic acids is 2. The van der Waals surface area contributed by atoms with Crippen molar-refractivity contribution >= 4 is 11.8 Å². The van der Waals surface area contributed by atoms with Gasteiger partial charge in [0.25, 0.3) is 0 Å².